The molecule has 0 fully saturated rings. The summed E-state index contributed by atoms with van der Waals surface area (Å²) in [4.78, 5) is 11.0. The zero-order valence-corrected chi connectivity index (χ0v) is 10.8. The molecule has 16 heavy (non-hydrogen) atoms. The molecule has 0 saturated heterocycles. The van der Waals surface area contributed by atoms with Crippen molar-refractivity contribution in [2.24, 2.45) is 0 Å². The molecule has 0 spiro atoms. The molecule has 1 rings (SSSR count). The van der Waals surface area contributed by atoms with Crippen LogP contribution >= 0.6 is 15.9 Å². The van der Waals surface area contributed by atoms with Crippen molar-refractivity contribution in [1.82, 2.24) is 5.32 Å². The van der Waals surface area contributed by atoms with Crippen molar-refractivity contribution >= 4 is 21.8 Å². The van der Waals surface area contributed by atoms with Crippen LogP contribution in [0.2, 0.25) is 0 Å². The van der Waals surface area contributed by atoms with Gasteiger partial charge in [0.1, 0.15) is 11.5 Å². The number of carbonyl (C=O) groups is 1. The fourth-order valence-corrected chi connectivity index (χ4v) is 1.58. The van der Waals surface area contributed by atoms with E-state index < -0.39 is 0 Å². The fraction of sp³-hybridized carbons (Fsp3) is 0.364. The average molecular weight is 288 g/mol. The molecule has 88 valence electrons. The van der Waals surface area contributed by atoms with Gasteiger partial charge in [0.2, 0.25) is 5.91 Å². The van der Waals surface area contributed by atoms with Crippen LogP contribution in [0.15, 0.2) is 22.7 Å². The van der Waals surface area contributed by atoms with Gasteiger partial charge in [0.05, 0.1) is 24.6 Å². The lowest BCUT2D eigenvalue weighted by atomic mass is 10.3. The van der Waals surface area contributed by atoms with E-state index in [4.69, 9.17) is 9.47 Å². The highest BCUT2D eigenvalue weighted by molar-refractivity contribution is 9.10. The topological polar surface area (TPSA) is 47.6 Å². The van der Waals surface area contributed by atoms with E-state index in [1.165, 1.54) is 0 Å². The highest BCUT2D eigenvalue weighted by atomic mass is 79.9. The van der Waals surface area contributed by atoms with Crippen molar-refractivity contribution in [1.29, 1.82) is 0 Å². The maximum absolute atomic E-state index is 11.0. The summed E-state index contributed by atoms with van der Waals surface area (Å²) < 4.78 is 11.3. The summed E-state index contributed by atoms with van der Waals surface area (Å²) in [6.45, 7) is 0.352. The lowest BCUT2D eigenvalue weighted by Gasteiger charge is -2.08. The maximum atomic E-state index is 11.0. The van der Waals surface area contributed by atoms with Crippen LogP contribution in [0.1, 0.15) is 6.42 Å². The van der Waals surface area contributed by atoms with Gasteiger partial charge in [-0.2, -0.15) is 0 Å². The summed E-state index contributed by atoms with van der Waals surface area (Å²) in [5.74, 6) is 1.42. The van der Waals surface area contributed by atoms with Crippen molar-refractivity contribution < 1.29 is 14.3 Å². The molecule has 0 heterocycles. The minimum Gasteiger partial charge on any atom is -0.497 e. The third kappa shape index (κ3) is 3.73. The number of rotatable bonds is 5. The Bertz CT molecular complexity index is 368. The average Bonchev–Trinajstić information content (AvgIpc) is 2.30. The van der Waals surface area contributed by atoms with E-state index in [0.717, 1.165) is 10.2 Å². The molecule has 1 N–H and O–H groups in total. The Kier molecular flexibility index (Phi) is 5.11. The quantitative estimate of drug-likeness (QED) is 0.901. The van der Waals surface area contributed by atoms with Crippen molar-refractivity contribution in [2.75, 3.05) is 20.8 Å². The highest BCUT2D eigenvalue weighted by Gasteiger charge is 2.04. The number of methoxy groups -OCH3 is 1. The molecule has 5 heteroatoms. The van der Waals surface area contributed by atoms with Gasteiger partial charge in [-0.15, -0.1) is 0 Å². The van der Waals surface area contributed by atoms with E-state index >= 15 is 0 Å². The Labute approximate surface area is 103 Å². The van der Waals surface area contributed by atoms with Gasteiger partial charge in [0, 0.05) is 7.05 Å². The number of benzene rings is 1. The van der Waals surface area contributed by atoms with Gasteiger partial charge < -0.3 is 14.8 Å². The second-order valence-electron chi connectivity index (χ2n) is 3.07. The van der Waals surface area contributed by atoms with Crippen molar-refractivity contribution in [3.05, 3.63) is 22.7 Å². The van der Waals surface area contributed by atoms with E-state index in [9.17, 15) is 4.79 Å². The summed E-state index contributed by atoms with van der Waals surface area (Å²) in [6.07, 6.45) is 0.342. The Morgan fingerprint density at radius 2 is 2.25 bits per heavy atom. The van der Waals surface area contributed by atoms with Gasteiger partial charge in [-0.1, -0.05) is 0 Å². The number of halogens is 1. The van der Waals surface area contributed by atoms with E-state index in [-0.39, 0.29) is 5.91 Å². The first-order valence-corrected chi connectivity index (χ1v) is 5.63. The molecule has 0 bridgehead atoms. The molecule has 1 amide bonds. The van der Waals surface area contributed by atoms with Gasteiger partial charge in [0.25, 0.3) is 0 Å². The zero-order chi connectivity index (χ0) is 12.0. The van der Waals surface area contributed by atoms with Gasteiger partial charge in [0.15, 0.2) is 0 Å². The monoisotopic (exact) mass is 287 g/mol. The van der Waals surface area contributed by atoms with Crippen LogP contribution in [0, 0.1) is 0 Å². The number of carbonyl (C=O) groups excluding carboxylic acids is 1. The summed E-state index contributed by atoms with van der Waals surface area (Å²) in [5, 5.41) is 2.53. The molecule has 0 aliphatic carbocycles. The van der Waals surface area contributed by atoms with Gasteiger partial charge in [-0.05, 0) is 34.1 Å². The van der Waals surface area contributed by atoms with Crippen LogP contribution in [0.4, 0.5) is 0 Å². The van der Waals surface area contributed by atoms with E-state index in [0.29, 0.717) is 18.8 Å². The minimum atomic E-state index is -0.0374. The predicted octanol–water partition coefficient (Wildman–Crippen LogP) is 1.97. The molecule has 0 aromatic heterocycles. The van der Waals surface area contributed by atoms with E-state index in [2.05, 4.69) is 21.2 Å². The lowest BCUT2D eigenvalue weighted by Crippen LogP contribution is -2.20. The molecule has 0 atom stereocenters. The molecule has 0 aliphatic rings. The summed E-state index contributed by atoms with van der Waals surface area (Å²) in [7, 11) is 3.21. The lowest BCUT2D eigenvalue weighted by molar-refractivity contribution is -0.121. The predicted molar refractivity (Wildman–Crippen MR) is 64.9 cm³/mol. The number of hydrogen-bond donors (Lipinski definition) is 1. The van der Waals surface area contributed by atoms with Gasteiger partial charge >= 0.3 is 0 Å². The maximum Gasteiger partial charge on any atom is 0.223 e. The third-order valence-electron chi connectivity index (χ3n) is 2.00. The largest absolute Gasteiger partial charge is 0.497 e. The van der Waals surface area contributed by atoms with Crippen molar-refractivity contribution in [3.63, 3.8) is 0 Å². The van der Waals surface area contributed by atoms with Crippen LogP contribution in [0.25, 0.3) is 0 Å². The summed E-state index contributed by atoms with van der Waals surface area (Å²) in [5.41, 5.74) is 0. The van der Waals surface area contributed by atoms with Gasteiger partial charge in [-0.3, -0.25) is 4.79 Å². The minimum absolute atomic E-state index is 0.0374. The molecule has 0 aliphatic heterocycles. The van der Waals surface area contributed by atoms with Crippen molar-refractivity contribution in [2.45, 2.75) is 6.42 Å². The van der Waals surface area contributed by atoms with Crippen LogP contribution in [-0.2, 0) is 4.79 Å². The normalized spacial score (nSPS) is 9.69. The van der Waals surface area contributed by atoms with Crippen LogP contribution in [0.3, 0.4) is 0 Å². The smallest absolute Gasteiger partial charge is 0.223 e. The Hall–Kier alpha value is -1.23. The highest BCUT2D eigenvalue weighted by Crippen LogP contribution is 2.29. The molecule has 1 aromatic carbocycles. The molecule has 4 nitrogen and oxygen atoms in total. The first kappa shape index (κ1) is 12.8. The van der Waals surface area contributed by atoms with Crippen LogP contribution in [0.5, 0.6) is 11.5 Å². The Balaban J connectivity index is 2.51. The first-order valence-electron chi connectivity index (χ1n) is 4.84. The molecule has 0 unspecified atom stereocenters. The number of hydrogen-bond acceptors (Lipinski definition) is 3. The van der Waals surface area contributed by atoms with E-state index in [1.54, 1.807) is 26.3 Å². The summed E-state index contributed by atoms with van der Waals surface area (Å²) in [6, 6.07) is 5.42. The molecule has 0 radical (unpaired) electrons. The molecule has 0 saturated carbocycles. The summed E-state index contributed by atoms with van der Waals surface area (Å²) >= 11 is 3.37. The Morgan fingerprint density at radius 1 is 1.50 bits per heavy atom. The molecule has 1 aromatic rings. The van der Waals surface area contributed by atoms with E-state index in [1.807, 2.05) is 6.07 Å². The zero-order valence-electron chi connectivity index (χ0n) is 9.25. The second kappa shape index (κ2) is 6.37. The van der Waals surface area contributed by atoms with Crippen LogP contribution in [-0.4, -0.2) is 26.7 Å². The second-order valence-corrected chi connectivity index (χ2v) is 3.92. The number of nitrogens with one attached hydrogen (secondary N) is 1. The van der Waals surface area contributed by atoms with Gasteiger partial charge in [-0.25, -0.2) is 0 Å². The van der Waals surface area contributed by atoms with Crippen molar-refractivity contribution in [3.8, 4) is 11.5 Å². The SMILES string of the molecule is CNC(=O)CCOc1ccc(OC)cc1Br. The first-order chi connectivity index (χ1) is 7.67. The third-order valence-corrected chi connectivity index (χ3v) is 2.62. The number of ether oxygens (including phenoxy) is 2. The Morgan fingerprint density at radius 3 is 2.81 bits per heavy atom. The molecular formula is C11H14BrNO3. The fourth-order valence-electron chi connectivity index (χ4n) is 1.10. The number of amides is 1. The van der Waals surface area contributed by atoms with Crippen LogP contribution < -0.4 is 14.8 Å². The standard InChI is InChI=1S/C11H14BrNO3/c1-13-11(14)5-6-16-10-4-3-8(15-2)7-9(10)12/h3-4,7H,5-6H2,1-2H3,(H,13,14). The molecular weight excluding hydrogens is 274 g/mol.